The Morgan fingerprint density at radius 1 is 1.56 bits per heavy atom. The minimum Gasteiger partial charge on any atom is -0.306 e. The van der Waals surface area contributed by atoms with Crippen molar-refractivity contribution in [3.05, 3.63) is 43.8 Å². The molecule has 3 nitrogen and oxygen atoms in total. The van der Waals surface area contributed by atoms with E-state index in [0.29, 0.717) is 10.7 Å². The SMILES string of the molecule is Cc1cc(I)cnc1NC(=O)c1cccs1. The molecule has 0 aliphatic carbocycles. The summed E-state index contributed by atoms with van der Waals surface area (Å²) in [4.78, 5) is 16.7. The number of pyridine rings is 1. The van der Waals surface area contributed by atoms with Crippen LogP contribution in [-0.4, -0.2) is 10.9 Å². The average molecular weight is 344 g/mol. The number of nitrogens with one attached hydrogen (secondary N) is 1. The number of hydrogen-bond donors (Lipinski definition) is 1. The smallest absolute Gasteiger partial charge is 0.266 e. The highest BCUT2D eigenvalue weighted by molar-refractivity contribution is 14.1. The molecule has 0 aliphatic rings. The van der Waals surface area contributed by atoms with Crippen LogP contribution in [0.3, 0.4) is 0 Å². The molecule has 1 N–H and O–H groups in total. The Balaban J connectivity index is 2.18. The number of rotatable bonds is 2. The van der Waals surface area contributed by atoms with Crippen LogP contribution in [0.1, 0.15) is 15.2 Å². The van der Waals surface area contributed by atoms with Crippen LogP contribution in [0.2, 0.25) is 0 Å². The molecule has 2 rings (SSSR count). The molecule has 0 saturated carbocycles. The maximum Gasteiger partial charge on any atom is 0.266 e. The van der Waals surface area contributed by atoms with E-state index in [0.717, 1.165) is 9.13 Å². The van der Waals surface area contributed by atoms with Crippen molar-refractivity contribution < 1.29 is 4.79 Å². The van der Waals surface area contributed by atoms with Gasteiger partial charge >= 0.3 is 0 Å². The Hall–Kier alpha value is -0.950. The van der Waals surface area contributed by atoms with Gasteiger partial charge in [-0.1, -0.05) is 6.07 Å². The lowest BCUT2D eigenvalue weighted by atomic mass is 10.3. The number of thiophene rings is 1. The van der Waals surface area contributed by atoms with Crippen molar-refractivity contribution in [2.45, 2.75) is 6.92 Å². The van der Waals surface area contributed by atoms with Crippen molar-refractivity contribution >= 4 is 45.7 Å². The zero-order valence-electron chi connectivity index (χ0n) is 8.53. The first kappa shape index (κ1) is 11.5. The van der Waals surface area contributed by atoms with Crippen LogP contribution in [0.25, 0.3) is 0 Å². The van der Waals surface area contributed by atoms with Gasteiger partial charge in [0.25, 0.3) is 5.91 Å². The van der Waals surface area contributed by atoms with Gasteiger partial charge in [-0.2, -0.15) is 0 Å². The molecule has 0 spiro atoms. The van der Waals surface area contributed by atoms with E-state index in [1.54, 1.807) is 12.3 Å². The van der Waals surface area contributed by atoms with Crippen LogP contribution in [0, 0.1) is 10.5 Å². The number of aromatic nitrogens is 1. The molecule has 0 bridgehead atoms. The largest absolute Gasteiger partial charge is 0.306 e. The second-order valence-electron chi connectivity index (χ2n) is 3.25. The highest BCUT2D eigenvalue weighted by atomic mass is 127. The number of nitrogens with zero attached hydrogens (tertiary/aromatic N) is 1. The van der Waals surface area contributed by atoms with Gasteiger partial charge in [0.15, 0.2) is 0 Å². The summed E-state index contributed by atoms with van der Waals surface area (Å²) in [5.74, 6) is 0.519. The molecular formula is C11H9IN2OS. The minimum absolute atomic E-state index is 0.105. The summed E-state index contributed by atoms with van der Waals surface area (Å²) in [5.41, 5.74) is 0.969. The van der Waals surface area contributed by atoms with Gasteiger partial charge in [0.05, 0.1) is 4.88 Å². The molecule has 5 heteroatoms. The van der Waals surface area contributed by atoms with E-state index < -0.39 is 0 Å². The lowest BCUT2D eigenvalue weighted by molar-refractivity contribution is 0.103. The Morgan fingerprint density at radius 2 is 2.38 bits per heavy atom. The third-order valence-electron chi connectivity index (χ3n) is 2.02. The minimum atomic E-state index is -0.105. The van der Waals surface area contributed by atoms with E-state index in [9.17, 15) is 4.79 Å². The molecular weight excluding hydrogens is 335 g/mol. The molecule has 0 unspecified atom stereocenters. The van der Waals surface area contributed by atoms with Crippen molar-refractivity contribution in [2.75, 3.05) is 5.32 Å². The molecule has 16 heavy (non-hydrogen) atoms. The summed E-state index contributed by atoms with van der Waals surface area (Å²) in [6.07, 6.45) is 1.73. The first-order valence-corrected chi connectivity index (χ1v) is 6.59. The van der Waals surface area contributed by atoms with E-state index in [1.165, 1.54) is 11.3 Å². The molecule has 0 aromatic carbocycles. The maximum absolute atomic E-state index is 11.8. The Kier molecular flexibility index (Phi) is 3.55. The number of aryl methyl sites for hydroxylation is 1. The molecule has 0 radical (unpaired) electrons. The highest BCUT2D eigenvalue weighted by Gasteiger charge is 2.09. The zero-order valence-corrected chi connectivity index (χ0v) is 11.5. The number of anilines is 1. The predicted octanol–water partition coefficient (Wildman–Crippen LogP) is 3.31. The maximum atomic E-state index is 11.8. The summed E-state index contributed by atoms with van der Waals surface area (Å²) in [5, 5.41) is 4.67. The molecule has 2 aromatic rings. The third-order valence-corrected chi connectivity index (χ3v) is 3.48. The molecule has 82 valence electrons. The first-order chi connectivity index (χ1) is 7.66. The summed E-state index contributed by atoms with van der Waals surface area (Å²) in [6.45, 7) is 1.93. The van der Waals surface area contributed by atoms with E-state index >= 15 is 0 Å². The molecule has 1 amide bonds. The molecule has 0 fully saturated rings. The fraction of sp³-hybridized carbons (Fsp3) is 0.0909. The van der Waals surface area contributed by atoms with Gasteiger partial charge in [0.1, 0.15) is 5.82 Å². The third kappa shape index (κ3) is 2.59. The molecule has 0 aliphatic heterocycles. The standard InChI is InChI=1S/C11H9IN2OS/c1-7-5-8(12)6-13-10(7)14-11(15)9-3-2-4-16-9/h2-6H,1H3,(H,13,14,15). The van der Waals surface area contributed by atoms with Gasteiger partial charge in [0, 0.05) is 9.77 Å². The topological polar surface area (TPSA) is 42.0 Å². The van der Waals surface area contributed by atoms with Crippen LogP contribution in [0.15, 0.2) is 29.8 Å². The van der Waals surface area contributed by atoms with Crippen LogP contribution < -0.4 is 5.32 Å². The quantitative estimate of drug-likeness (QED) is 0.850. The van der Waals surface area contributed by atoms with Crippen molar-refractivity contribution in [2.24, 2.45) is 0 Å². The van der Waals surface area contributed by atoms with E-state index in [4.69, 9.17) is 0 Å². The number of hydrogen-bond acceptors (Lipinski definition) is 3. The number of carbonyl (C=O) groups is 1. The van der Waals surface area contributed by atoms with E-state index in [-0.39, 0.29) is 5.91 Å². The summed E-state index contributed by atoms with van der Waals surface area (Å²) < 4.78 is 1.06. The van der Waals surface area contributed by atoms with Crippen molar-refractivity contribution in [3.63, 3.8) is 0 Å². The molecule has 0 atom stereocenters. The van der Waals surface area contributed by atoms with Crippen LogP contribution >= 0.6 is 33.9 Å². The Bertz CT molecular complexity index is 511. The normalized spacial score (nSPS) is 10.1. The second-order valence-corrected chi connectivity index (χ2v) is 5.44. The second kappa shape index (κ2) is 4.92. The Labute approximate surface area is 111 Å². The lowest BCUT2D eigenvalue weighted by Crippen LogP contribution is -2.12. The van der Waals surface area contributed by atoms with Gasteiger partial charge in [-0.25, -0.2) is 4.98 Å². The summed E-state index contributed by atoms with van der Waals surface area (Å²) in [7, 11) is 0. The lowest BCUT2D eigenvalue weighted by Gasteiger charge is -2.06. The Morgan fingerprint density at radius 3 is 3.00 bits per heavy atom. The van der Waals surface area contributed by atoms with E-state index in [2.05, 4.69) is 32.9 Å². The van der Waals surface area contributed by atoms with Crippen LogP contribution in [0.4, 0.5) is 5.82 Å². The molecule has 2 heterocycles. The van der Waals surface area contributed by atoms with E-state index in [1.807, 2.05) is 24.4 Å². The van der Waals surface area contributed by atoms with Crippen molar-refractivity contribution in [3.8, 4) is 0 Å². The fourth-order valence-corrected chi connectivity index (χ4v) is 2.47. The monoisotopic (exact) mass is 344 g/mol. The van der Waals surface area contributed by atoms with Crippen LogP contribution in [-0.2, 0) is 0 Å². The van der Waals surface area contributed by atoms with Crippen molar-refractivity contribution in [1.82, 2.24) is 4.98 Å². The van der Waals surface area contributed by atoms with Crippen LogP contribution in [0.5, 0.6) is 0 Å². The summed E-state index contributed by atoms with van der Waals surface area (Å²) >= 11 is 3.61. The average Bonchev–Trinajstić information content (AvgIpc) is 2.75. The summed E-state index contributed by atoms with van der Waals surface area (Å²) in [6, 6.07) is 5.63. The number of amides is 1. The zero-order chi connectivity index (χ0) is 11.5. The molecule has 2 aromatic heterocycles. The number of carbonyl (C=O) groups excluding carboxylic acids is 1. The van der Waals surface area contributed by atoms with Gasteiger partial charge in [-0.15, -0.1) is 11.3 Å². The van der Waals surface area contributed by atoms with Crippen molar-refractivity contribution in [1.29, 1.82) is 0 Å². The number of halogens is 1. The predicted molar refractivity (Wildman–Crippen MR) is 74.0 cm³/mol. The van der Waals surface area contributed by atoms with Gasteiger partial charge in [0.2, 0.25) is 0 Å². The highest BCUT2D eigenvalue weighted by Crippen LogP contribution is 2.16. The van der Waals surface area contributed by atoms with Gasteiger partial charge < -0.3 is 5.32 Å². The fourth-order valence-electron chi connectivity index (χ4n) is 1.25. The molecule has 0 saturated heterocycles. The van der Waals surface area contributed by atoms with Gasteiger partial charge in [-0.3, -0.25) is 4.79 Å². The van der Waals surface area contributed by atoms with Gasteiger partial charge in [-0.05, 0) is 52.6 Å². The first-order valence-electron chi connectivity index (χ1n) is 4.64.